The summed E-state index contributed by atoms with van der Waals surface area (Å²) >= 11 is 0. The Kier molecular flexibility index (Phi) is 5.77. The molecule has 1 heterocycles. The van der Waals surface area contributed by atoms with Crippen molar-refractivity contribution in [2.75, 3.05) is 6.54 Å². The van der Waals surface area contributed by atoms with Crippen molar-refractivity contribution in [2.45, 2.75) is 38.2 Å². The average Bonchev–Trinajstić information content (AvgIpc) is 2.63. The fourth-order valence-electron chi connectivity index (χ4n) is 2.94. The molecule has 3 aromatic rings. The van der Waals surface area contributed by atoms with Crippen molar-refractivity contribution in [3.63, 3.8) is 0 Å². The molecule has 27 heavy (non-hydrogen) atoms. The normalized spacial score (nSPS) is 11.9. The van der Waals surface area contributed by atoms with E-state index in [-0.39, 0.29) is 11.0 Å². The number of aromatic nitrogens is 1. The van der Waals surface area contributed by atoms with Gasteiger partial charge in [-0.1, -0.05) is 18.2 Å². The van der Waals surface area contributed by atoms with Crippen molar-refractivity contribution in [1.29, 1.82) is 0 Å². The Morgan fingerprint density at radius 3 is 2.52 bits per heavy atom. The molecule has 1 aromatic heterocycles. The number of hydrogen-bond donors (Lipinski definition) is 1. The van der Waals surface area contributed by atoms with E-state index in [1.807, 2.05) is 45.0 Å². The maximum Gasteiger partial charge on any atom is 0.241 e. The summed E-state index contributed by atoms with van der Waals surface area (Å²) in [6.45, 7) is 6.20. The molecule has 0 aliphatic heterocycles. The lowest BCUT2D eigenvalue weighted by Crippen LogP contribution is -2.26. The molecule has 0 aliphatic carbocycles. The number of fused-ring (bicyclic) bond motifs is 1. The summed E-state index contributed by atoms with van der Waals surface area (Å²) in [6.07, 6.45) is 2.40. The molecule has 5 nitrogen and oxygen atoms in total. The number of benzene rings is 2. The van der Waals surface area contributed by atoms with Crippen LogP contribution in [0.4, 0.5) is 0 Å². The highest BCUT2D eigenvalue weighted by molar-refractivity contribution is 7.89. The summed E-state index contributed by atoms with van der Waals surface area (Å²) < 4.78 is 33.8. The van der Waals surface area contributed by atoms with E-state index in [0.717, 1.165) is 16.9 Å². The van der Waals surface area contributed by atoms with E-state index in [0.29, 0.717) is 23.9 Å². The Hall–Kier alpha value is -2.44. The van der Waals surface area contributed by atoms with Gasteiger partial charge in [-0.25, -0.2) is 13.1 Å². The summed E-state index contributed by atoms with van der Waals surface area (Å²) in [6, 6.07) is 14.7. The minimum absolute atomic E-state index is 0.126. The smallest absolute Gasteiger partial charge is 0.241 e. The predicted molar refractivity (Wildman–Crippen MR) is 108 cm³/mol. The lowest BCUT2D eigenvalue weighted by atomic mass is 10.1. The van der Waals surface area contributed by atoms with Crippen molar-refractivity contribution < 1.29 is 13.2 Å². The quantitative estimate of drug-likeness (QED) is 0.672. The molecule has 0 aliphatic rings. The second-order valence-corrected chi connectivity index (χ2v) is 8.47. The first-order valence-electron chi connectivity index (χ1n) is 8.96. The van der Waals surface area contributed by atoms with Gasteiger partial charge in [-0.05, 0) is 68.7 Å². The van der Waals surface area contributed by atoms with Crippen LogP contribution < -0.4 is 9.46 Å². The maximum atomic E-state index is 12.8. The third kappa shape index (κ3) is 4.64. The first-order valence-corrected chi connectivity index (χ1v) is 10.4. The van der Waals surface area contributed by atoms with E-state index in [1.54, 1.807) is 30.5 Å². The van der Waals surface area contributed by atoms with Crippen LogP contribution in [0, 0.1) is 6.92 Å². The molecular weight excluding hydrogens is 360 g/mol. The van der Waals surface area contributed by atoms with E-state index in [9.17, 15) is 8.42 Å². The number of hydrogen-bond acceptors (Lipinski definition) is 4. The first kappa shape index (κ1) is 19.3. The van der Waals surface area contributed by atoms with Crippen LogP contribution in [0.3, 0.4) is 0 Å². The molecule has 0 bridgehead atoms. The number of pyridine rings is 1. The number of aryl methyl sites for hydroxylation is 1. The van der Waals surface area contributed by atoms with Gasteiger partial charge in [0.1, 0.15) is 5.75 Å². The number of nitrogens with zero attached hydrogens (tertiary/aromatic N) is 1. The Morgan fingerprint density at radius 2 is 1.81 bits per heavy atom. The van der Waals surface area contributed by atoms with Gasteiger partial charge >= 0.3 is 0 Å². The van der Waals surface area contributed by atoms with E-state index in [1.165, 1.54) is 0 Å². The number of ether oxygens (including phenoxy) is 1. The molecule has 6 heteroatoms. The molecule has 0 spiro atoms. The van der Waals surface area contributed by atoms with Gasteiger partial charge in [0, 0.05) is 18.1 Å². The van der Waals surface area contributed by atoms with Crippen molar-refractivity contribution in [1.82, 2.24) is 9.71 Å². The van der Waals surface area contributed by atoms with Gasteiger partial charge in [0.25, 0.3) is 0 Å². The van der Waals surface area contributed by atoms with Crippen LogP contribution >= 0.6 is 0 Å². The van der Waals surface area contributed by atoms with Gasteiger partial charge in [0.2, 0.25) is 10.0 Å². The highest BCUT2D eigenvalue weighted by atomic mass is 32.2. The Balaban J connectivity index is 1.70. The highest BCUT2D eigenvalue weighted by Gasteiger charge is 2.18. The molecule has 0 amide bonds. The predicted octanol–water partition coefficient (Wildman–Crippen LogP) is 3.85. The number of nitrogens with one attached hydrogen (secondary N) is 1. The summed E-state index contributed by atoms with van der Waals surface area (Å²) in [5.41, 5.74) is 2.71. The zero-order chi connectivity index (χ0) is 19.4. The standard InChI is InChI=1S/C21H24N2O3S/c1-15(2)26-18-9-7-17(8-10-18)12-14-23-27(24,25)20-11-6-16(3)21-19(20)5-4-13-22-21/h4-11,13,15,23H,12,14H2,1-3H3. The van der Waals surface area contributed by atoms with E-state index >= 15 is 0 Å². The van der Waals surface area contributed by atoms with Crippen molar-refractivity contribution in [2.24, 2.45) is 0 Å². The van der Waals surface area contributed by atoms with Crippen LogP contribution in [-0.4, -0.2) is 26.1 Å². The zero-order valence-electron chi connectivity index (χ0n) is 15.8. The second-order valence-electron chi connectivity index (χ2n) is 6.74. The second kappa shape index (κ2) is 8.06. The summed E-state index contributed by atoms with van der Waals surface area (Å²) in [7, 11) is -3.61. The molecule has 0 fully saturated rings. The summed E-state index contributed by atoms with van der Waals surface area (Å²) in [5.74, 6) is 0.813. The zero-order valence-corrected chi connectivity index (χ0v) is 16.6. The van der Waals surface area contributed by atoms with Gasteiger partial charge in [-0.2, -0.15) is 0 Å². The summed E-state index contributed by atoms with van der Waals surface area (Å²) in [4.78, 5) is 4.57. The molecule has 0 atom stereocenters. The number of rotatable bonds is 7. The SMILES string of the molecule is Cc1ccc(S(=O)(=O)NCCc2ccc(OC(C)C)cc2)c2cccnc12. The molecule has 142 valence electrons. The molecule has 0 radical (unpaired) electrons. The van der Waals surface area contributed by atoms with Gasteiger partial charge in [-0.15, -0.1) is 0 Å². The van der Waals surface area contributed by atoms with Crippen LogP contribution in [0.5, 0.6) is 5.75 Å². The molecule has 0 saturated carbocycles. The Morgan fingerprint density at radius 1 is 1.07 bits per heavy atom. The molecule has 2 aromatic carbocycles. The lowest BCUT2D eigenvalue weighted by molar-refractivity contribution is 0.242. The molecule has 0 saturated heterocycles. The molecule has 3 rings (SSSR count). The van der Waals surface area contributed by atoms with E-state index < -0.39 is 10.0 Å². The minimum Gasteiger partial charge on any atom is -0.491 e. The fourth-order valence-corrected chi connectivity index (χ4v) is 4.16. The largest absolute Gasteiger partial charge is 0.491 e. The summed E-state index contributed by atoms with van der Waals surface area (Å²) in [5, 5.41) is 0.639. The van der Waals surface area contributed by atoms with Crippen molar-refractivity contribution in [3.05, 3.63) is 65.9 Å². The number of sulfonamides is 1. The van der Waals surface area contributed by atoms with Crippen molar-refractivity contribution >= 4 is 20.9 Å². The highest BCUT2D eigenvalue weighted by Crippen LogP contribution is 2.24. The lowest BCUT2D eigenvalue weighted by Gasteiger charge is -2.12. The van der Waals surface area contributed by atoms with Crippen LogP contribution in [0.2, 0.25) is 0 Å². The fraction of sp³-hybridized carbons (Fsp3) is 0.286. The Labute approximate surface area is 160 Å². The van der Waals surface area contributed by atoms with Crippen LogP contribution in [0.1, 0.15) is 25.0 Å². The van der Waals surface area contributed by atoms with Gasteiger partial charge in [0.05, 0.1) is 16.5 Å². The Bertz CT molecular complexity index is 1030. The molecule has 0 unspecified atom stereocenters. The van der Waals surface area contributed by atoms with Gasteiger partial charge < -0.3 is 4.74 Å². The first-order chi connectivity index (χ1) is 12.9. The maximum absolute atomic E-state index is 12.8. The van der Waals surface area contributed by atoms with Gasteiger partial charge in [-0.3, -0.25) is 4.98 Å². The third-order valence-electron chi connectivity index (χ3n) is 4.22. The van der Waals surface area contributed by atoms with Crippen LogP contribution in [-0.2, 0) is 16.4 Å². The molecule has 1 N–H and O–H groups in total. The minimum atomic E-state index is -3.61. The average molecular weight is 385 g/mol. The van der Waals surface area contributed by atoms with E-state index in [4.69, 9.17) is 4.74 Å². The monoisotopic (exact) mass is 384 g/mol. The van der Waals surface area contributed by atoms with Crippen LogP contribution in [0.25, 0.3) is 10.9 Å². The van der Waals surface area contributed by atoms with E-state index in [2.05, 4.69) is 9.71 Å². The van der Waals surface area contributed by atoms with Crippen molar-refractivity contribution in [3.8, 4) is 5.75 Å². The third-order valence-corrected chi connectivity index (χ3v) is 5.74. The van der Waals surface area contributed by atoms with Gasteiger partial charge in [0.15, 0.2) is 0 Å². The van der Waals surface area contributed by atoms with Crippen LogP contribution in [0.15, 0.2) is 59.6 Å². The molecular formula is C21H24N2O3S. The topological polar surface area (TPSA) is 68.3 Å².